The molecule has 2 N–H and O–H groups in total. The number of nitrogen functional groups attached to an aromatic ring is 1. The summed E-state index contributed by atoms with van der Waals surface area (Å²) in [4.78, 5) is 2.17. The number of ether oxygens (including phenoxy) is 1. The smallest absolute Gasteiger partial charge is 0.128 e. The van der Waals surface area contributed by atoms with E-state index in [0.717, 1.165) is 18.8 Å². The van der Waals surface area contributed by atoms with Crippen LogP contribution in [0, 0.1) is 12.7 Å². The Bertz CT molecular complexity index is 412. The number of halogens is 1. The van der Waals surface area contributed by atoms with Gasteiger partial charge in [-0.15, -0.1) is 0 Å². The summed E-state index contributed by atoms with van der Waals surface area (Å²) in [6.07, 6.45) is 0.340. The number of anilines is 2. The first-order chi connectivity index (χ1) is 7.97. The lowest BCUT2D eigenvalue weighted by molar-refractivity contribution is -0.00517. The van der Waals surface area contributed by atoms with Gasteiger partial charge in [0.15, 0.2) is 0 Å². The molecule has 0 radical (unpaired) electrons. The van der Waals surface area contributed by atoms with Gasteiger partial charge in [0.2, 0.25) is 0 Å². The van der Waals surface area contributed by atoms with Crippen LogP contribution in [0.3, 0.4) is 0 Å². The second-order valence-electron chi connectivity index (χ2n) is 4.82. The minimum absolute atomic E-state index is 0.170. The van der Waals surface area contributed by atoms with Crippen LogP contribution in [0.25, 0.3) is 0 Å². The summed E-state index contributed by atoms with van der Waals surface area (Å²) >= 11 is 0. The summed E-state index contributed by atoms with van der Waals surface area (Å²) in [5.74, 6) is -0.249. The van der Waals surface area contributed by atoms with Crippen molar-refractivity contribution in [2.45, 2.75) is 33.0 Å². The molecule has 1 aromatic carbocycles. The van der Waals surface area contributed by atoms with E-state index in [1.165, 1.54) is 6.07 Å². The number of morpholine rings is 1. The Hall–Kier alpha value is -1.29. The average molecular weight is 238 g/mol. The van der Waals surface area contributed by atoms with Crippen LogP contribution in [-0.4, -0.2) is 25.3 Å². The molecule has 2 rings (SSSR count). The summed E-state index contributed by atoms with van der Waals surface area (Å²) in [5, 5.41) is 0. The van der Waals surface area contributed by atoms with Gasteiger partial charge in [0.1, 0.15) is 5.82 Å². The molecule has 2 atom stereocenters. The first kappa shape index (κ1) is 12.2. The Kier molecular flexibility index (Phi) is 3.24. The van der Waals surface area contributed by atoms with E-state index in [4.69, 9.17) is 10.5 Å². The number of hydrogen-bond donors (Lipinski definition) is 1. The zero-order valence-electron chi connectivity index (χ0n) is 10.5. The average Bonchev–Trinajstić information content (AvgIpc) is 2.22. The molecule has 0 aliphatic carbocycles. The first-order valence-electron chi connectivity index (χ1n) is 5.93. The number of benzene rings is 1. The summed E-state index contributed by atoms with van der Waals surface area (Å²) in [6.45, 7) is 7.41. The minimum atomic E-state index is -0.249. The molecular formula is C13H19FN2O. The van der Waals surface area contributed by atoms with Crippen molar-refractivity contribution in [2.75, 3.05) is 23.7 Å². The molecule has 1 aliphatic rings. The molecule has 4 heteroatoms. The fourth-order valence-electron chi connectivity index (χ4n) is 2.33. The van der Waals surface area contributed by atoms with E-state index in [2.05, 4.69) is 4.90 Å². The summed E-state index contributed by atoms with van der Waals surface area (Å²) in [6, 6.07) is 3.21. The predicted octanol–water partition coefficient (Wildman–Crippen LogP) is 2.33. The summed E-state index contributed by atoms with van der Waals surface area (Å²) in [5.41, 5.74) is 7.92. The molecule has 1 aliphatic heterocycles. The van der Waals surface area contributed by atoms with E-state index in [1.807, 2.05) is 19.9 Å². The highest BCUT2D eigenvalue weighted by molar-refractivity contribution is 5.69. The maximum absolute atomic E-state index is 13.4. The summed E-state index contributed by atoms with van der Waals surface area (Å²) in [7, 11) is 0. The summed E-state index contributed by atoms with van der Waals surface area (Å²) < 4.78 is 19.0. The van der Waals surface area contributed by atoms with Gasteiger partial charge in [-0.3, -0.25) is 0 Å². The molecule has 94 valence electrons. The molecule has 1 saturated heterocycles. The van der Waals surface area contributed by atoms with Gasteiger partial charge in [-0.25, -0.2) is 4.39 Å². The van der Waals surface area contributed by atoms with E-state index < -0.39 is 0 Å². The molecule has 1 aromatic rings. The fraction of sp³-hybridized carbons (Fsp3) is 0.538. The minimum Gasteiger partial charge on any atom is -0.397 e. The quantitative estimate of drug-likeness (QED) is 0.763. The van der Waals surface area contributed by atoms with Crippen molar-refractivity contribution in [1.82, 2.24) is 0 Å². The number of nitrogens with zero attached hydrogens (tertiary/aromatic N) is 1. The van der Waals surface area contributed by atoms with Gasteiger partial charge in [0.05, 0.1) is 23.6 Å². The van der Waals surface area contributed by atoms with Crippen LogP contribution in [-0.2, 0) is 4.74 Å². The Morgan fingerprint density at radius 3 is 2.47 bits per heavy atom. The van der Waals surface area contributed by atoms with Gasteiger partial charge in [-0.1, -0.05) is 0 Å². The lowest BCUT2D eigenvalue weighted by atomic mass is 10.1. The van der Waals surface area contributed by atoms with Crippen molar-refractivity contribution >= 4 is 11.4 Å². The molecule has 2 unspecified atom stereocenters. The van der Waals surface area contributed by atoms with Crippen molar-refractivity contribution < 1.29 is 9.13 Å². The number of nitrogens with two attached hydrogens (primary N) is 1. The third-order valence-corrected chi connectivity index (χ3v) is 3.07. The van der Waals surface area contributed by atoms with Crippen molar-refractivity contribution in [3.63, 3.8) is 0 Å². The molecule has 0 bridgehead atoms. The molecule has 17 heavy (non-hydrogen) atoms. The second-order valence-corrected chi connectivity index (χ2v) is 4.82. The first-order valence-corrected chi connectivity index (χ1v) is 5.93. The van der Waals surface area contributed by atoms with Crippen molar-refractivity contribution in [1.29, 1.82) is 0 Å². The van der Waals surface area contributed by atoms with E-state index in [9.17, 15) is 4.39 Å². The zero-order valence-corrected chi connectivity index (χ0v) is 10.5. The van der Waals surface area contributed by atoms with Crippen LogP contribution in [0.5, 0.6) is 0 Å². The van der Waals surface area contributed by atoms with Gasteiger partial charge in [0.25, 0.3) is 0 Å². The molecule has 1 heterocycles. The van der Waals surface area contributed by atoms with Crippen LogP contribution in [0.1, 0.15) is 19.4 Å². The second kappa shape index (κ2) is 4.53. The highest BCUT2D eigenvalue weighted by Gasteiger charge is 2.24. The largest absolute Gasteiger partial charge is 0.397 e. The normalized spacial score (nSPS) is 25.1. The van der Waals surface area contributed by atoms with Gasteiger partial charge in [0, 0.05) is 13.1 Å². The number of hydrogen-bond acceptors (Lipinski definition) is 3. The Morgan fingerprint density at radius 2 is 1.88 bits per heavy atom. The molecule has 0 spiro atoms. The molecular weight excluding hydrogens is 219 g/mol. The highest BCUT2D eigenvalue weighted by Crippen LogP contribution is 2.28. The van der Waals surface area contributed by atoms with E-state index in [0.29, 0.717) is 11.3 Å². The molecule has 0 aromatic heterocycles. The number of aryl methyl sites for hydroxylation is 1. The zero-order chi connectivity index (χ0) is 12.6. The van der Waals surface area contributed by atoms with E-state index in [1.54, 1.807) is 6.92 Å². The van der Waals surface area contributed by atoms with Crippen LogP contribution in [0.15, 0.2) is 12.1 Å². The standard InChI is InChI=1S/C13H19FN2O/c1-8-4-13(12(15)5-11(8)14)16-6-9(2)17-10(3)7-16/h4-5,9-10H,6-7,15H2,1-3H3. The number of rotatable bonds is 1. The van der Waals surface area contributed by atoms with Crippen molar-refractivity contribution in [3.05, 3.63) is 23.5 Å². The maximum atomic E-state index is 13.4. The molecule has 0 saturated carbocycles. The Morgan fingerprint density at radius 1 is 1.29 bits per heavy atom. The topological polar surface area (TPSA) is 38.5 Å². The van der Waals surface area contributed by atoms with Gasteiger partial charge in [-0.2, -0.15) is 0 Å². The predicted molar refractivity (Wildman–Crippen MR) is 67.8 cm³/mol. The molecule has 0 amide bonds. The molecule has 3 nitrogen and oxygen atoms in total. The lowest BCUT2D eigenvalue weighted by Crippen LogP contribution is -2.45. The Balaban J connectivity index is 2.30. The third kappa shape index (κ3) is 2.52. The van der Waals surface area contributed by atoms with Gasteiger partial charge >= 0.3 is 0 Å². The van der Waals surface area contributed by atoms with E-state index >= 15 is 0 Å². The van der Waals surface area contributed by atoms with Gasteiger partial charge in [-0.05, 0) is 38.5 Å². The van der Waals surface area contributed by atoms with E-state index in [-0.39, 0.29) is 18.0 Å². The Labute approximate surface area is 101 Å². The highest BCUT2D eigenvalue weighted by atomic mass is 19.1. The monoisotopic (exact) mass is 238 g/mol. The van der Waals surface area contributed by atoms with Crippen LogP contribution in [0.4, 0.5) is 15.8 Å². The van der Waals surface area contributed by atoms with Crippen LogP contribution < -0.4 is 10.6 Å². The van der Waals surface area contributed by atoms with Crippen molar-refractivity contribution in [2.24, 2.45) is 0 Å². The maximum Gasteiger partial charge on any atom is 0.128 e. The SMILES string of the molecule is Cc1cc(N2CC(C)OC(C)C2)c(N)cc1F. The fourth-order valence-corrected chi connectivity index (χ4v) is 2.33. The molecule has 1 fully saturated rings. The van der Waals surface area contributed by atoms with Crippen LogP contribution >= 0.6 is 0 Å². The lowest BCUT2D eigenvalue weighted by Gasteiger charge is -2.37. The van der Waals surface area contributed by atoms with Crippen molar-refractivity contribution in [3.8, 4) is 0 Å². The third-order valence-electron chi connectivity index (χ3n) is 3.07. The van der Waals surface area contributed by atoms with Gasteiger partial charge < -0.3 is 15.4 Å². The van der Waals surface area contributed by atoms with Crippen LogP contribution in [0.2, 0.25) is 0 Å².